The lowest BCUT2D eigenvalue weighted by molar-refractivity contribution is -0.138. The number of hydrogen-bond acceptors (Lipinski definition) is 2. The number of amides is 2. The molecule has 1 aliphatic rings. The van der Waals surface area contributed by atoms with Gasteiger partial charge in [0.15, 0.2) is 0 Å². The first-order valence-corrected chi connectivity index (χ1v) is 6.50. The van der Waals surface area contributed by atoms with Crippen molar-refractivity contribution in [3.8, 4) is 0 Å². The van der Waals surface area contributed by atoms with Crippen LogP contribution in [0, 0.1) is 5.41 Å². The van der Waals surface area contributed by atoms with Crippen molar-refractivity contribution >= 4 is 12.0 Å². The largest absolute Gasteiger partial charge is 0.481 e. The van der Waals surface area contributed by atoms with E-state index in [9.17, 15) is 9.59 Å². The number of carboxylic acid groups (broad SMARTS) is 1. The summed E-state index contributed by atoms with van der Waals surface area (Å²) in [7, 11) is 0. The van der Waals surface area contributed by atoms with Gasteiger partial charge in [0.1, 0.15) is 0 Å². The van der Waals surface area contributed by atoms with Crippen LogP contribution >= 0.6 is 0 Å². The van der Waals surface area contributed by atoms with Crippen LogP contribution in [-0.4, -0.2) is 29.2 Å². The van der Waals surface area contributed by atoms with E-state index in [0.717, 1.165) is 25.7 Å². The molecule has 18 heavy (non-hydrogen) atoms. The van der Waals surface area contributed by atoms with Crippen molar-refractivity contribution in [2.24, 2.45) is 5.41 Å². The Morgan fingerprint density at radius 2 is 1.78 bits per heavy atom. The Morgan fingerprint density at radius 3 is 2.22 bits per heavy atom. The SMILES string of the molecule is CC(C)(C)CNC(=O)NC1(CC(=O)O)CCCC1. The average molecular weight is 256 g/mol. The molecule has 0 spiro atoms. The number of rotatable bonds is 4. The minimum absolute atomic E-state index is 0.00986. The molecule has 104 valence electrons. The van der Waals surface area contributed by atoms with Crippen molar-refractivity contribution in [3.63, 3.8) is 0 Å². The lowest BCUT2D eigenvalue weighted by Crippen LogP contribution is -2.52. The first-order chi connectivity index (χ1) is 8.22. The summed E-state index contributed by atoms with van der Waals surface area (Å²) in [5.41, 5.74) is -0.527. The summed E-state index contributed by atoms with van der Waals surface area (Å²) in [6.07, 6.45) is 3.47. The van der Waals surface area contributed by atoms with Crippen molar-refractivity contribution in [3.05, 3.63) is 0 Å². The van der Waals surface area contributed by atoms with Gasteiger partial charge in [-0.25, -0.2) is 4.79 Å². The molecule has 0 saturated heterocycles. The monoisotopic (exact) mass is 256 g/mol. The van der Waals surface area contributed by atoms with Crippen LogP contribution in [0.15, 0.2) is 0 Å². The zero-order valence-electron chi connectivity index (χ0n) is 11.5. The minimum Gasteiger partial charge on any atom is -0.481 e. The third kappa shape index (κ3) is 4.94. The third-order valence-electron chi connectivity index (χ3n) is 3.21. The van der Waals surface area contributed by atoms with E-state index in [1.807, 2.05) is 20.8 Å². The van der Waals surface area contributed by atoms with E-state index >= 15 is 0 Å². The highest BCUT2D eigenvalue weighted by Gasteiger charge is 2.37. The minimum atomic E-state index is -0.854. The molecule has 0 heterocycles. The molecule has 1 fully saturated rings. The summed E-state index contributed by atoms with van der Waals surface area (Å²) in [5, 5.41) is 14.6. The second-order valence-electron chi connectivity index (χ2n) is 6.43. The molecule has 0 unspecified atom stereocenters. The predicted octanol–water partition coefficient (Wildman–Crippen LogP) is 2.12. The molecule has 0 aromatic rings. The second-order valence-corrected chi connectivity index (χ2v) is 6.43. The van der Waals surface area contributed by atoms with Crippen LogP contribution in [0.3, 0.4) is 0 Å². The molecule has 0 aliphatic heterocycles. The summed E-state index contributed by atoms with van der Waals surface area (Å²) in [5.74, 6) is -0.854. The number of urea groups is 1. The molecule has 3 N–H and O–H groups in total. The predicted molar refractivity (Wildman–Crippen MR) is 69.4 cm³/mol. The van der Waals surface area contributed by atoms with Gasteiger partial charge in [0, 0.05) is 6.54 Å². The number of carbonyl (C=O) groups is 2. The van der Waals surface area contributed by atoms with E-state index in [1.165, 1.54) is 0 Å². The summed E-state index contributed by atoms with van der Waals surface area (Å²) >= 11 is 0. The maximum Gasteiger partial charge on any atom is 0.315 e. The number of nitrogens with one attached hydrogen (secondary N) is 2. The third-order valence-corrected chi connectivity index (χ3v) is 3.21. The normalized spacial score (nSPS) is 18.4. The molecule has 5 heteroatoms. The topological polar surface area (TPSA) is 78.4 Å². The fourth-order valence-corrected chi connectivity index (χ4v) is 2.32. The molecule has 0 radical (unpaired) electrons. The summed E-state index contributed by atoms with van der Waals surface area (Å²) < 4.78 is 0. The van der Waals surface area contributed by atoms with Gasteiger partial charge in [-0.2, -0.15) is 0 Å². The van der Waals surface area contributed by atoms with Gasteiger partial charge in [0.05, 0.1) is 12.0 Å². The average Bonchev–Trinajstić information content (AvgIpc) is 2.61. The highest BCUT2D eigenvalue weighted by atomic mass is 16.4. The van der Waals surface area contributed by atoms with Crippen LogP contribution in [0.4, 0.5) is 4.79 Å². The standard InChI is InChI=1S/C13H24N2O3/c1-12(2,3)9-14-11(18)15-13(8-10(16)17)6-4-5-7-13/h4-9H2,1-3H3,(H,16,17)(H2,14,15,18). The Bertz CT molecular complexity index is 315. The Morgan fingerprint density at radius 1 is 1.22 bits per heavy atom. The molecular weight excluding hydrogens is 232 g/mol. The van der Waals surface area contributed by atoms with E-state index in [4.69, 9.17) is 5.11 Å². The Kier molecular flexibility index (Phi) is 4.59. The van der Waals surface area contributed by atoms with Crippen molar-refractivity contribution in [1.29, 1.82) is 0 Å². The van der Waals surface area contributed by atoms with Crippen LogP contribution in [0.1, 0.15) is 52.9 Å². The van der Waals surface area contributed by atoms with Crippen molar-refractivity contribution in [2.45, 2.75) is 58.4 Å². The molecular formula is C13H24N2O3. The number of aliphatic carboxylic acids is 1. The molecule has 0 aromatic heterocycles. The molecule has 2 amide bonds. The molecule has 1 rings (SSSR count). The highest BCUT2D eigenvalue weighted by molar-refractivity contribution is 5.76. The van der Waals surface area contributed by atoms with Gasteiger partial charge < -0.3 is 15.7 Å². The fourth-order valence-electron chi connectivity index (χ4n) is 2.32. The first-order valence-electron chi connectivity index (χ1n) is 6.50. The molecule has 0 aromatic carbocycles. The van der Waals surface area contributed by atoms with Gasteiger partial charge in [-0.3, -0.25) is 4.79 Å². The summed E-state index contributed by atoms with van der Waals surface area (Å²) in [4.78, 5) is 22.7. The van der Waals surface area contributed by atoms with Crippen LogP contribution in [0.2, 0.25) is 0 Å². The fraction of sp³-hybridized carbons (Fsp3) is 0.846. The van der Waals surface area contributed by atoms with Crippen molar-refractivity contribution in [2.75, 3.05) is 6.54 Å². The quantitative estimate of drug-likeness (QED) is 0.721. The van der Waals surface area contributed by atoms with Gasteiger partial charge >= 0.3 is 12.0 Å². The second kappa shape index (κ2) is 5.59. The molecule has 0 bridgehead atoms. The highest BCUT2D eigenvalue weighted by Crippen LogP contribution is 2.32. The van der Waals surface area contributed by atoms with Gasteiger partial charge in [-0.15, -0.1) is 0 Å². The lowest BCUT2D eigenvalue weighted by atomic mass is 9.93. The van der Waals surface area contributed by atoms with Gasteiger partial charge in [-0.1, -0.05) is 33.6 Å². The van der Waals surface area contributed by atoms with Crippen LogP contribution < -0.4 is 10.6 Å². The van der Waals surface area contributed by atoms with Gasteiger partial charge in [-0.05, 0) is 18.3 Å². The zero-order chi connectivity index (χ0) is 13.8. The Labute approximate surface area is 108 Å². The molecule has 0 atom stereocenters. The Balaban J connectivity index is 2.51. The smallest absolute Gasteiger partial charge is 0.315 e. The maximum absolute atomic E-state index is 11.8. The van der Waals surface area contributed by atoms with E-state index in [0.29, 0.717) is 6.54 Å². The number of carbonyl (C=O) groups excluding carboxylic acids is 1. The lowest BCUT2D eigenvalue weighted by Gasteiger charge is -2.29. The zero-order valence-corrected chi connectivity index (χ0v) is 11.5. The van der Waals surface area contributed by atoms with Crippen molar-refractivity contribution in [1.82, 2.24) is 10.6 Å². The molecule has 1 saturated carbocycles. The summed E-state index contributed by atoms with van der Waals surface area (Å²) in [6, 6.07) is -0.256. The molecule has 5 nitrogen and oxygen atoms in total. The van der Waals surface area contributed by atoms with Gasteiger partial charge in [0.2, 0.25) is 0 Å². The van der Waals surface area contributed by atoms with Crippen LogP contribution in [0.25, 0.3) is 0 Å². The van der Waals surface area contributed by atoms with E-state index in [-0.39, 0.29) is 17.9 Å². The van der Waals surface area contributed by atoms with Crippen molar-refractivity contribution < 1.29 is 14.7 Å². The van der Waals surface area contributed by atoms with E-state index in [1.54, 1.807) is 0 Å². The van der Waals surface area contributed by atoms with Crippen LogP contribution in [-0.2, 0) is 4.79 Å². The number of hydrogen-bond donors (Lipinski definition) is 3. The Hall–Kier alpha value is -1.26. The van der Waals surface area contributed by atoms with Gasteiger partial charge in [0.25, 0.3) is 0 Å². The summed E-state index contributed by atoms with van der Waals surface area (Å²) in [6.45, 7) is 6.68. The van der Waals surface area contributed by atoms with E-state index < -0.39 is 11.5 Å². The van der Waals surface area contributed by atoms with E-state index in [2.05, 4.69) is 10.6 Å². The first kappa shape index (κ1) is 14.8. The number of carboxylic acids is 1. The maximum atomic E-state index is 11.8. The molecule has 1 aliphatic carbocycles. The van der Waals surface area contributed by atoms with Crippen LogP contribution in [0.5, 0.6) is 0 Å².